The first-order valence-electron chi connectivity index (χ1n) is 9.78. The molecule has 1 amide bonds. The molecular weight excluding hydrogens is 392 g/mol. The van der Waals surface area contributed by atoms with Crippen LogP contribution in [0.2, 0.25) is 0 Å². The number of amides is 1. The van der Waals surface area contributed by atoms with Crippen LogP contribution in [0.3, 0.4) is 0 Å². The summed E-state index contributed by atoms with van der Waals surface area (Å²) >= 11 is 1.48. The summed E-state index contributed by atoms with van der Waals surface area (Å²) in [5.74, 6) is -0.0672. The third-order valence-electron chi connectivity index (χ3n) is 5.18. The summed E-state index contributed by atoms with van der Waals surface area (Å²) in [7, 11) is 0. The Morgan fingerprint density at radius 2 is 1.67 bits per heavy atom. The molecule has 4 rings (SSSR count). The highest BCUT2D eigenvalue weighted by Crippen LogP contribution is 2.34. The van der Waals surface area contributed by atoms with Gasteiger partial charge in [0, 0.05) is 5.56 Å². The largest absolute Gasteiger partial charge is 0.295 e. The van der Waals surface area contributed by atoms with Crippen LogP contribution < -0.4 is 4.90 Å². The van der Waals surface area contributed by atoms with E-state index < -0.39 is 0 Å². The van der Waals surface area contributed by atoms with Crippen molar-refractivity contribution in [2.75, 3.05) is 4.90 Å². The maximum Gasteiger partial charge on any atom is 0.237 e. The molecule has 0 saturated carbocycles. The fourth-order valence-corrected chi connectivity index (χ4v) is 4.33. The molecule has 0 aliphatic carbocycles. The van der Waals surface area contributed by atoms with Gasteiger partial charge in [-0.25, -0.2) is 4.98 Å². The van der Waals surface area contributed by atoms with E-state index in [1.165, 1.54) is 23.8 Å². The van der Waals surface area contributed by atoms with Crippen molar-refractivity contribution in [3.8, 4) is 0 Å². The Balaban J connectivity index is 1.74. The lowest BCUT2D eigenvalue weighted by Gasteiger charge is -2.20. The van der Waals surface area contributed by atoms with Gasteiger partial charge < -0.3 is 0 Å². The Kier molecular flexibility index (Phi) is 5.46. The van der Waals surface area contributed by atoms with Crippen LogP contribution in [0.25, 0.3) is 10.2 Å². The predicted octanol–water partition coefficient (Wildman–Crippen LogP) is 6.02. The topological polar surface area (TPSA) is 50.3 Å². The number of carbonyl (C=O) groups excluding carboxylic acids is 2. The van der Waals surface area contributed by atoms with Gasteiger partial charge in [-0.2, -0.15) is 0 Å². The molecule has 4 aromatic rings. The standard InChI is InChI=1S/C25H22N2O2S/c1-16-8-9-19(14-17(16)2)15-24(29)27(21-12-10-20(11-13-21)18(3)28)25-26-22-6-4-5-7-23(22)30-25/h4-14H,15H2,1-3H3. The molecule has 30 heavy (non-hydrogen) atoms. The van der Waals surface area contributed by atoms with Gasteiger partial charge in [0.1, 0.15) is 0 Å². The normalized spacial score (nSPS) is 10.9. The summed E-state index contributed by atoms with van der Waals surface area (Å²) in [6, 6.07) is 21.1. The van der Waals surface area contributed by atoms with Crippen molar-refractivity contribution >= 4 is 44.1 Å². The molecule has 0 fully saturated rings. The summed E-state index contributed by atoms with van der Waals surface area (Å²) in [5.41, 5.74) is 5.51. The van der Waals surface area contributed by atoms with Crippen molar-refractivity contribution in [3.05, 3.63) is 89.0 Å². The molecule has 4 nitrogen and oxygen atoms in total. The van der Waals surface area contributed by atoms with Gasteiger partial charge in [-0.3, -0.25) is 14.5 Å². The zero-order valence-electron chi connectivity index (χ0n) is 17.2. The second kappa shape index (κ2) is 8.20. The van der Waals surface area contributed by atoms with E-state index in [2.05, 4.69) is 19.9 Å². The average molecular weight is 415 g/mol. The number of aryl methyl sites for hydroxylation is 2. The second-order valence-corrected chi connectivity index (χ2v) is 8.40. The fourth-order valence-electron chi connectivity index (χ4n) is 3.33. The molecule has 0 spiro atoms. The number of aromatic nitrogens is 1. The van der Waals surface area contributed by atoms with Crippen molar-refractivity contribution < 1.29 is 9.59 Å². The maximum absolute atomic E-state index is 13.4. The van der Waals surface area contributed by atoms with Crippen molar-refractivity contribution in [2.45, 2.75) is 27.2 Å². The molecule has 150 valence electrons. The van der Waals surface area contributed by atoms with Crippen LogP contribution in [-0.4, -0.2) is 16.7 Å². The van der Waals surface area contributed by atoms with Crippen molar-refractivity contribution in [3.63, 3.8) is 0 Å². The first-order valence-corrected chi connectivity index (χ1v) is 10.6. The zero-order chi connectivity index (χ0) is 21.3. The number of hydrogen-bond acceptors (Lipinski definition) is 4. The van der Waals surface area contributed by atoms with Crippen LogP contribution in [0.15, 0.2) is 66.7 Å². The smallest absolute Gasteiger partial charge is 0.237 e. The van der Waals surface area contributed by atoms with Crippen LogP contribution in [0, 0.1) is 13.8 Å². The number of para-hydroxylation sites is 1. The van der Waals surface area contributed by atoms with Gasteiger partial charge in [-0.15, -0.1) is 0 Å². The Hall–Kier alpha value is -3.31. The summed E-state index contributed by atoms with van der Waals surface area (Å²) in [6.45, 7) is 5.64. The average Bonchev–Trinajstić information content (AvgIpc) is 3.15. The van der Waals surface area contributed by atoms with E-state index >= 15 is 0 Å². The van der Waals surface area contributed by atoms with E-state index in [1.807, 2.05) is 36.4 Å². The van der Waals surface area contributed by atoms with Gasteiger partial charge in [-0.1, -0.05) is 41.7 Å². The molecule has 5 heteroatoms. The van der Waals surface area contributed by atoms with Crippen LogP contribution in [0.4, 0.5) is 10.8 Å². The molecule has 0 atom stereocenters. The molecule has 0 unspecified atom stereocenters. The number of carbonyl (C=O) groups is 2. The number of rotatable bonds is 5. The molecule has 0 bridgehead atoms. The monoisotopic (exact) mass is 414 g/mol. The van der Waals surface area contributed by atoms with Crippen LogP contribution >= 0.6 is 11.3 Å². The molecule has 0 aliphatic heterocycles. The third-order valence-corrected chi connectivity index (χ3v) is 6.20. The van der Waals surface area contributed by atoms with E-state index in [1.54, 1.807) is 29.2 Å². The molecule has 3 aromatic carbocycles. The number of thiazole rings is 1. The maximum atomic E-state index is 13.4. The number of anilines is 2. The fraction of sp³-hybridized carbons (Fsp3) is 0.160. The lowest BCUT2D eigenvalue weighted by atomic mass is 10.0. The van der Waals surface area contributed by atoms with Crippen molar-refractivity contribution in [2.24, 2.45) is 0 Å². The Morgan fingerprint density at radius 3 is 2.33 bits per heavy atom. The molecule has 0 radical (unpaired) electrons. The highest BCUT2D eigenvalue weighted by atomic mass is 32.1. The highest BCUT2D eigenvalue weighted by molar-refractivity contribution is 7.22. The molecular formula is C25H22N2O2S. The Bertz CT molecular complexity index is 1210. The highest BCUT2D eigenvalue weighted by Gasteiger charge is 2.22. The van der Waals surface area contributed by atoms with Gasteiger partial charge in [0.2, 0.25) is 5.91 Å². The van der Waals surface area contributed by atoms with Crippen LogP contribution in [-0.2, 0) is 11.2 Å². The number of ketones is 1. The lowest BCUT2D eigenvalue weighted by Crippen LogP contribution is -2.27. The van der Waals surface area contributed by atoms with E-state index in [0.717, 1.165) is 21.3 Å². The van der Waals surface area contributed by atoms with Crippen molar-refractivity contribution in [1.29, 1.82) is 0 Å². The summed E-state index contributed by atoms with van der Waals surface area (Å²) in [6.07, 6.45) is 0.269. The van der Waals surface area contributed by atoms with Gasteiger partial charge in [0.25, 0.3) is 0 Å². The zero-order valence-corrected chi connectivity index (χ0v) is 18.0. The molecule has 1 aromatic heterocycles. The predicted molar refractivity (Wildman–Crippen MR) is 123 cm³/mol. The van der Waals surface area contributed by atoms with Crippen molar-refractivity contribution in [1.82, 2.24) is 4.98 Å². The van der Waals surface area contributed by atoms with E-state index in [4.69, 9.17) is 4.98 Å². The van der Waals surface area contributed by atoms with Crippen LogP contribution in [0.1, 0.15) is 34.0 Å². The van der Waals surface area contributed by atoms with Gasteiger partial charge in [-0.05, 0) is 73.9 Å². The van der Waals surface area contributed by atoms with E-state index in [9.17, 15) is 9.59 Å². The quantitative estimate of drug-likeness (QED) is 0.375. The van der Waals surface area contributed by atoms with E-state index in [-0.39, 0.29) is 18.1 Å². The Morgan fingerprint density at radius 1 is 0.933 bits per heavy atom. The first kappa shape index (κ1) is 20.0. The summed E-state index contributed by atoms with van der Waals surface area (Å²) < 4.78 is 1.02. The number of hydrogen-bond donors (Lipinski definition) is 0. The minimum atomic E-state index is -0.0621. The summed E-state index contributed by atoms with van der Waals surface area (Å²) in [5, 5.41) is 0.626. The number of nitrogens with zero attached hydrogens (tertiary/aromatic N) is 2. The SMILES string of the molecule is CC(=O)c1ccc(N(C(=O)Cc2ccc(C)c(C)c2)c2nc3ccccc3s2)cc1. The first-order chi connectivity index (χ1) is 14.4. The second-order valence-electron chi connectivity index (χ2n) is 7.39. The number of Topliss-reactive ketones (excluding diaryl/α,β-unsaturated/α-hetero) is 1. The molecule has 0 N–H and O–H groups in total. The number of fused-ring (bicyclic) bond motifs is 1. The van der Waals surface area contributed by atoms with E-state index in [0.29, 0.717) is 16.4 Å². The third kappa shape index (κ3) is 4.02. The van der Waals surface area contributed by atoms with Crippen LogP contribution in [0.5, 0.6) is 0 Å². The molecule has 0 saturated heterocycles. The number of benzene rings is 3. The van der Waals surface area contributed by atoms with Gasteiger partial charge in [0.15, 0.2) is 10.9 Å². The minimum absolute atomic E-state index is 0.00505. The van der Waals surface area contributed by atoms with Gasteiger partial charge in [0.05, 0.1) is 22.3 Å². The molecule has 0 aliphatic rings. The Labute approximate surface area is 179 Å². The lowest BCUT2D eigenvalue weighted by molar-refractivity contribution is -0.117. The summed E-state index contributed by atoms with van der Waals surface area (Å²) in [4.78, 5) is 31.4. The molecule has 1 heterocycles. The van der Waals surface area contributed by atoms with Gasteiger partial charge >= 0.3 is 0 Å². The minimum Gasteiger partial charge on any atom is -0.295 e.